The average Bonchev–Trinajstić information content (AvgIpc) is 3.60. The summed E-state index contributed by atoms with van der Waals surface area (Å²) in [4.78, 5) is 30.9. The lowest BCUT2D eigenvalue weighted by molar-refractivity contribution is -0.137. The number of ether oxygens (including phenoxy) is 3. The number of aromatic nitrogens is 4. The highest BCUT2D eigenvalue weighted by Gasteiger charge is 2.38. The Balaban J connectivity index is 1.29. The molecule has 0 bridgehead atoms. The Morgan fingerprint density at radius 2 is 1.66 bits per heavy atom. The van der Waals surface area contributed by atoms with Gasteiger partial charge in [-0.15, -0.1) is 0 Å². The number of rotatable bonds is 13. The normalized spacial score (nSPS) is 13.8. The molecule has 0 spiro atoms. The van der Waals surface area contributed by atoms with Crippen LogP contribution in [0.15, 0.2) is 88.7 Å². The van der Waals surface area contributed by atoms with Crippen molar-refractivity contribution < 1.29 is 27.4 Å². The number of halogens is 5. The van der Waals surface area contributed by atoms with Gasteiger partial charge in [0.2, 0.25) is 0 Å². The Kier molecular flexibility index (Phi) is 11.5. The van der Waals surface area contributed by atoms with Gasteiger partial charge < -0.3 is 29.4 Å². The molecule has 3 aromatic carbocycles. The van der Waals surface area contributed by atoms with Crippen molar-refractivity contribution >= 4 is 44.3 Å². The predicted octanol–water partition coefficient (Wildman–Crippen LogP) is 9.00. The zero-order valence-corrected chi connectivity index (χ0v) is 33.0. The smallest absolute Gasteiger partial charge is 0.418 e. The second kappa shape index (κ2) is 16.5. The van der Waals surface area contributed by atoms with Gasteiger partial charge in [-0.25, -0.2) is 9.97 Å². The molecule has 15 heteroatoms. The topological polar surface area (TPSA) is 114 Å². The molecule has 1 aliphatic rings. The summed E-state index contributed by atoms with van der Waals surface area (Å²) < 4.78 is 63.0. The van der Waals surface area contributed by atoms with Crippen LogP contribution >= 0.6 is 27.5 Å². The maximum Gasteiger partial charge on any atom is 0.418 e. The molecule has 6 aromatic rings. The monoisotopic (exact) mass is 848 g/mol. The van der Waals surface area contributed by atoms with Gasteiger partial charge in [0.05, 0.1) is 42.3 Å². The number of pyridine rings is 2. The number of fused-ring (bicyclic) bond motifs is 2. The standard InChI is InChI=1S/C41H37BrClF3N6O4/c1-23-16-34(52(20-24-4-8-26(54-2)9-5-24)21-25-6-10-27(55-3)11-7-25)51-38(36(23)41(44,45)46)29-17-33-35(40(53)50-22-49-33)39(37(29)43)56-15-14-48-32-13-12-28-30(32)18-47-19-31(28)42/h4-11,16-19,22,32,48H,12-15,20-21H2,1-3H3,(H,49,50,53). The number of hydrogen-bond acceptors (Lipinski definition) is 9. The SMILES string of the molecule is COc1ccc(CN(Cc2ccc(OC)cc2)c2cc(C)c(C(F)(F)F)c(-c3cc4nc[nH]c(=O)c4c(OCCNC4CCc5c(Br)cncc54)c3Cl)n2)cc1. The highest BCUT2D eigenvalue weighted by Crippen LogP contribution is 2.46. The van der Waals surface area contributed by atoms with Gasteiger partial charge in [0.25, 0.3) is 5.56 Å². The third kappa shape index (κ3) is 8.18. The summed E-state index contributed by atoms with van der Waals surface area (Å²) in [6.07, 6.45) is 1.71. The van der Waals surface area contributed by atoms with Gasteiger partial charge in [0, 0.05) is 48.1 Å². The van der Waals surface area contributed by atoms with E-state index in [9.17, 15) is 4.79 Å². The lowest BCUT2D eigenvalue weighted by atomic mass is 9.99. The molecule has 0 radical (unpaired) electrons. The fraction of sp³-hybridized carbons (Fsp3) is 0.268. The van der Waals surface area contributed by atoms with Crippen LogP contribution in [0.3, 0.4) is 0 Å². The number of H-pyrrole nitrogens is 1. The van der Waals surface area contributed by atoms with Crippen molar-refractivity contribution in [1.82, 2.24) is 25.3 Å². The van der Waals surface area contributed by atoms with E-state index in [2.05, 4.69) is 36.2 Å². The molecular weight excluding hydrogens is 813 g/mol. The van der Waals surface area contributed by atoms with Crippen molar-refractivity contribution in [3.8, 4) is 28.5 Å². The van der Waals surface area contributed by atoms with Crippen molar-refractivity contribution in [2.24, 2.45) is 0 Å². The molecule has 1 unspecified atom stereocenters. The molecule has 0 saturated carbocycles. The Labute approximate surface area is 334 Å². The second-order valence-corrected chi connectivity index (χ2v) is 14.6. The molecular formula is C41H37BrClF3N6O4. The van der Waals surface area contributed by atoms with E-state index < -0.39 is 23.0 Å². The minimum absolute atomic E-state index is 0.0164. The van der Waals surface area contributed by atoms with Gasteiger partial charge in [0.15, 0.2) is 5.75 Å². The van der Waals surface area contributed by atoms with Gasteiger partial charge in [-0.2, -0.15) is 13.2 Å². The van der Waals surface area contributed by atoms with Crippen LogP contribution in [-0.2, 0) is 25.7 Å². The summed E-state index contributed by atoms with van der Waals surface area (Å²) in [7, 11) is 3.15. The van der Waals surface area contributed by atoms with Crippen molar-refractivity contribution in [2.45, 2.75) is 45.1 Å². The van der Waals surface area contributed by atoms with E-state index >= 15 is 13.2 Å². The minimum atomic E-state index is -4.81. The predicted molar refractivity (Wildman–Crippen MR) is 213 cm³/mol. The van der Waals surface area contributed by atoms with Gasteiger partial charge in [-0.3, -0.25) is 9.78 Å². The van der Waals surface area contributed by atoms with E-state index in [1.165, 1.54) is 30.9 Å². The maximum absolute atomic E-state index is 15.1. The average molecular weight is 850 g/mol. The number of anilines is 1. The molecule has 0 fully saturated rings. The van der Waals surface area contributed by atoms with Gasteiger partial charge in [0.1, 0.15) is 29.3 Å². The molecule has 3 aromatic heterocycles. The first-order chi connectivity index (χ1) is 26.9. The summed E-state index contributed by atoms with van der Waals surface area (Å²) >= 11 is 10.6. The van der Waals surface area contributed by atoms with Crippen molar-refractivity contribution in [3.63, 3.8) is 0 Å². The third-order valence-electron chi connectivity index (χ3n) is 9.79. The molecule has 0 aliphatic heterocycles. The first kappa shape index (κ1) is 39.1. The highest BCUT2D eigenvalue weighted by molar-refractivity contribution is 9.10. The Morgan fingerprint density at radius 1 is 1.00 bits per heavy atom. The van der Waals surface area contributed by atoms with Crippen LogP contribution in [0.4, 0.5) is 19.0 Å². The summed E-state index contributed by atoms with van der Waals surface area (Å²) in [5, 5.41) is 3.29. The number of methoxy groups -OCH3 is 2. The van der Waals surface area contributed by atoms with Gasteiger partial charge in [-0.1, -0.05) is 35.9 Å². The number of aryl methyl sites for hydroxylation is 1. The number of hydrogen-bond donors (Lipinski definition) is 2. The van der Waals surface area contributed by atoms with Crippen molar-refractivity contribution in [3.05, 3.63) is 133 Å². The van der Waals surface area contributed by atoms with Crippen LogP contribution in [0.5, 0.6) is 17.2 Å². The number of benzene rings is 3. The molecule has 3 heterocycles. The molecule has 7 rings (SSSR count). The maximum atomic E-state index is 15.1. The molecule has 0 amide bonds. The van der Waals surface area contributed by atoms with Crippen LogP contribution in [0.25, 0.3) is 22.2 Å². The Morgan fingerprint density at radius 3 is 2.29 bits per heavy atom. The van der Waals surface area contributed by atoms with Crippen LogP contribution < -0.4 is 30.0 Å². The van der Waals surface area contributed by atoms with Crippen LogP contribution in [-0.4, -0.2) is 47.3 Å². The van der Waals surface area contributed by atoms with E-state index in [0.717, 1.165) is 34.0 Å². The Hall–Kier alpha value is -5.18. The molecule has 2 N–H and O–H groups in total. The highest BCUT2D eigenvalue weighted by atomic mass is 79.9. The molecule has 1 aliphatic carbocycles. The molecule has 290 valence electrons. The van der Waals surface area contributed by atoms with Crippen molar-refractivity contribution in [1.29, 1.82) is 0 Å². The van der Waals surface area contributed by atoms with Gasteiger partial charge in [-0.05, 0) is 99.9 Å². The zero-order chi connectivity index (χ0) is 39.6. The first-order valence-electron chi connectivity index (χ1n) is 17.7. The number of nitrogens with zero attached hydrogens (tertiary/aromatic N) is 4. The quantitative estimate of drug-likeness (QED) is 0.110. The van der Waals surface area contributed by atoms with Crippen LogP contribution in [0.2, 0.25) is 5.02 Å². The van der Waals surface area contributed by atoms with Crippen molar-refractivity contribution in [2.75, 3.05) is 32.3 Å². The summed E-state index contributed by atoms with van der Waals surface area (Å²) in [6.45, 7) is 2.40. The van der Waals surface area contributed by atoms with E-state index in [-0.39, 0.29) is 51.3 Å². The first-order valence-corrected chi connectivity index (χ1v) is 18.9. The summed E-state index contributed by atoms with van der Waals surface area (Å²) in [5.74, 6) is 1.53. The largest absolute Gasteiger partial charge is 0.497 e. The van der Waals surface area contributed by atoms with E-state index in [1.54, 1.807) is 20.4 Å². The fourth-order valence-electron chi connectivity index (χ4n) is 7.06. The summed E-state index contributed by atoms with van der Waals surface area (Å²) in [6, 6.07) is 17.7. The zero-order valence-electron chi connectivity index (χ0n) is 30.6. The number of nitrogens with one attached hydrogen (secondary N) is 2. The number of aromatic amines is 1. The van der Waals surface area contributed by atoms with Gasteiger partial charge >= 0.3 is 6.18 Å². The van der Waals surface area contributed by atoms with E-state index in [4.69, 9.17) is 30.8 Å². The van der Waals surface area contributed by atoms with Crippen LogP contribution in [0, 0.1) is 6.92 Å². The summed E-state index contributed by atoms with van der Waals surface area (Å²) in [5.41, 5.74) is 2.05. The lowest BCUT2D eigenvalue weighted by Crippen LogP contribution is -2.25. The Bertz CT molecular complexity index is 2380. The lowest BCUT2D eigenvalue weighted by Gasteiger charge is -2.27. The van der Waals surface area contributed by atoms with E-state index in [1.807, 2.05) is 59.6 Å². The van der Waals surface area contributed by atoms with Crippen LogP contribution in [0.1, 0.15) is 45.8 Å². The molecule has 0 saturated heterocycles. The number of alkyl halides is 3. The minimum Gasteiger partial charge on any atom is -0.497 e. The molecule has 1 atom stereocenters. The van der Waals surface area contributed by atoms with E-state index in [0.29, 0.717) is 31.1 Å². The molecule has 10 nitrogen and oxygen atoms in total. The molecule has 56 heavy (non-hydrogen) atoms. The second-order valence-electron chi connectivity index (χ2n) is 13.3. The third-order valence-corrected chi connectivity index (χ3v) is 10.9. The fourth-order valence-corrected chi connectivity index (χ4v) is 7.89.